The smallest absolute Gasteiger partial charge is 0.253 e. The summed E-state index contributed by atoms with van der Waals surface area (Å²) in [7, 11) is 2.00. The molecule has 3 aliphatic rings. The molecule has 0 spiro atoms. The van der Waals surface area contributed by atoms with Gasteiger partial charge in [0.1, 0.15) is 0 Å². The maximum atomic E-state index is 12.7. The molecule has 5 rings (SSSR count). The van der Waals surface area contributed by atoms with Crippen molar-refractivity contribution in [1.29, 1.82) is 0 Å². The topological polar surface area (TPSA) is 34.0 Å². The number of para-hydroxylation sites is 1. The Hall–Kier alpha value is -1.77. The van der Waals surface area contributed by atoms with E-state index < -0.39 is 0 Å². The van der Waals surface area contributed by atoms with Crippen LogP contribution in [0.5, 0.6) is 0 Å². The van der Waals surface area contributed by atoms with Gasteiger partial charge in [-0.3, -0.25) is 4.79 Å². The summed E-state index contributed by atoms with van der Waals surface area (Å²) in [5.74, 6) is 1.05. The Kier molecular flexibility index (Phi) is 3.24. The second kappa shape index (κ2) is 5.15. The van der Waals surface area contributed by atoms with E-state index in [4.69, 9.17) is 0 Å². The van der Waals surface area contributed by atoms with Crippen molar-refractivity contribution in [3.63, 3.8) is 0 Å². The molecular formula is C19H24N2O. The van der Waals surface area contributed by atoms with Gasteiger partial charge in [-0.1, -0.05) is 18.2 Å². The first-order chi connectivity index (χ1) is 10.7. The lowest BCUT2D eigenvalue weighted by Crippen LogP contribution is -2.43. The van der Waals surface area contributed by atoms with Gasteiger partial charge in [0, 0.05) is 30.7 Å². The first kappa shape index (κ1) is 13.9. The fourth-order valence-corrected chi connectivity index (χ4v) is 4.49. The normalized spacial score (nSPS) is 27.2. The van der Waals surface area contributed by atoms with Crippen molar-refractivity contribution < 1.29 is 4.79 Å². The summed E-state index contributed by atoms with van der Waals surface area (Å²) in [6, 6.07) is 8.12. The van der Waals surface area contributed by atoms with Gasteiger partial charge >= 0.3 is 0 Å². The van der Waals surface area contributed by atoms with E-state index in [1.54, 1.807) is 0 Å². The third-order valence-corrected chi connectivity index (χ3v) is 6.01. The molecule has 22 heavy (non-hydrogen) atoms. The monoisotopic (exact) mass is 296 g/mol. The average Bonchev–Trinajstić information content (AvgIpc) is 2.92. The van der Waals surface area contributed by atoms with Crippen LogP contribution in [0.25, 0.3) is 10.9 Å². The van der Waals surface area contributed by atoms with E-state index in [0.29, 0.717) is 5.41 Å². The van der Waals surface area contributed by atoms with Gasteiger partial charge in [0.15, 0.2) is 0 Å². The van der Waals surface area contributed by atoms with Crippen molar-refractivity contribution in [3.05, 3.63) is 36.0 Å². The molecule has 1 heterocycles. The molecule has 3 fully saturated rings. The molecule has 1 amide bonds. The summed E-state index contributed by atoms with van der Waals surface area (Å²) in [6.45, 7) is 0.849. The molecular weight excluding hydrogens is 272 g/mol. The van der Waals surface area contributed by atoms with Crippen LogP contribution in [-0.4, -0.2) is 17.0 Å². The lowest BCUT2D eigenvalue weighted by atomic mass is 9.61. The maximum absolute atomic E-state index is 12.7. The van der Waals surface area contributed by atoms with E-state index >= 15 is 0 Å². The largest absolute Gasteiger partial charge is 0.351 e. The summed E-state index contributed by atoms with van der Waals surface area (Å²) in [5, 5.41) is 4.29. The number of aromatic nitrogens is 1. The van der Waals surface area contributed by atoms with Crippen LogP contribution >= 0.6 is 0 Å². The highest BCUT2D eigenvalue weighted by atomic mass is 16.1. The van der Waals surface area contributed by atoms with Gasteiger partial charge in [0.25, 0.3) is 5.91 Å². The Labute approximate surface area is 131 Å². The van der Waals surface area contributed by atoms with E-state index in [2.05, 4.69) is 11.4 Å². The number of rotatable bonds is 3. The molecule has 3 nitrogen and oxygen atoms in total. The van der Waals surface area contributed by atoms with Gasteiger partial charge in [0.05, 0.1) is 5.56 Å². The fourth-order valence-electron chi connectivity index (χ4n) is 4.49. The predicted molar refractivity (Wildman–Crippen MR) is 88.9 cm³/mol. The van der Waals surface area contributed by atoms with Gasteiger partial charge in [-0.2, -0.15) is 0 Å². The molecule has 3 saturated carbocycles. The molecule has 1 aromatic heterocycles. The standard InChI is InChI=1S/C19H24N2O/c1-21-12-16(15-4-2-3-5-17(15)21)18(22)20-13-19-9-6-14(7-10-19)8-11-19/h2-5,12,14H,6-11,13H2,1H3,(H,20,22). The van der Waals surface area contributed by atoms with Crippen molar-refractivity contribution >= 4 is 16.8 Å². The Morgan fingerprint density at radius 2 is 1.91 bits per heavy atom. The minimum Gasteiger partial charge on any atom is -0.351 e. The lowest BCUT2D eigenvalue weighted by molar-refractivity contribution is 0.0598. The summed E-state index contributed by atoms with van der Waals surface area (Å²) in [6.07, 6.45) is 9.95. The summed E-state index contributed by atoms with van der Waals surface area (Å²) in [5.41, 5.74) is 2.30. The van der Waals surface area contributed by atoms with Crippen molar-refractivity contribution in [2.24, 2.45) is 18.4 Å². The van der Waals surface area contributed by atoms with Crippen molar-refractivity contribution in [3.8, 4) is 0 Å². The van der Waals surface area contributed by atoms with E-state index in [1.165, 1.54) is 38.5 Å². The first-order valence-corrected chi connectivity index (χ1v) is 8.49. The van der Waals surface area contributed by atoms with Gasteiger partial charge < -0.3 is 9.88 Å². The number of nitrogens with zero attached hydrogens (tertiary/aromatic N) is 1. The van der Waals surface area contributed by atoms with Crippen LogP contribution in [0, 0.1) is 11.3 Å². The molecule has 3 heteroatoms. The van der Waals surface area contributed by atoms with Gasteiger partial charge in [-0.15, -0.1) is 0 Å². The Bertz CT molecular complexity index is 694. The fraction of sp³-hybridized carbons (Fsp3) is 0.526. The third-order valence-electron chi connectivity index (χ3n) is 6.01. The third kappa shape index (κ3) is 2.23. The predicted octanol–water partition coefficient (Wildman–Crippen LogP) is 3.88. The molecule has 1 aromatic carbocycles. The molecule has 1 N–H and O–H groups in total. The second-order valence-corrected chi connectivity index (χ2v) is 7.34. The van der Waals surface area contributed by atoms with Gasteiger partial charge in [-0.05, 0) is 55.9 Å². The SMILES string of the molecule is Cn1cc(C(=O)NCC23CCC(CC2)CC3)c2ccccc21. The maximum Gasteiger partial charge on any atom is 0.253 e. The molecule has 0 radical (unpaired) electrons. The highest BCUT2D eigenvalue weighted by Crippen LogP contribution is 2.49. The summed E-state index contributed by atoms with van der Waals surface area (Å²) in [4.78, 5) is 12.7. The molecule has 116 valence electrons. The first-order valence-electron chi connectivity index (χ1n) is 8.49. The van der Waals surface area contributed by atoms with Crippen molar-refractivity contribution in [1.82, 2.24) is 9.88 Å². The van der Waals surface area contributed by atoms with Crippen LogP contribution in [0.15, 0.2) is 30.5 Å². The van der Waals surface area contributed by atoms with E-state index in [1.807, 2.05) is 36.0 Å². The summed E-state index contributed by atoms with van der Waals surface area (Å²) < 4.78 is 2.04. The molecule has 0 atom stereocenters. The number of fused-ring (bicyclic) bond motifs is 4. The number of hydrogen-bond donors (Lipinski definition) is 1. The number of aryl methyl sites for hydroxylation is 1. The Morgan fingerprint density at radius 3 is 2.64 bits per heavy atom. The zero-order chi connectivity index (χ0) is 15.2. The average molecular weight is 296 g/mol. The minimum atomic E-state index is 0.0823. The van der Waals surface area contributed by atoms with E-state index in [-0.39, 0.29) is 5.91 Å². The van der Waals surface area contributed by atoms with E-state index in [0.717, 1.165) is 28.9 Å². The Morgan fingerprint density at radius 1 is 1.23 bits per heavy atom. The molecule has 0 saturated heterocycles. The molecule has 3 aliphatic carbocycles. The van der Waals surface area contributed by atoms with Crippen molar-refractivity contribution in [2.45, 2.75) is 38.5 Å². The molecule has 0 aliphatic heterocycles. The van der Waals surface area contributed by atoms with Crippen molar-refractivity contribution in [2.75, 3.05) is 6.54 Å². The van der Waals surface area contributed by atoms with E-state index in [9.17, 15) is 4.79 Å². The van der Waals surface area contributed by atoms with Crippen LogP contribution in [0.2, 0.25) is 0 Å². The molecule has 2 bridgehead atoms. The summed E-state index contributed by atoms with van der Waals surface area (Å²) >= 11 is 0. The number of amides is 1. The van der Waals surface area contributed by atoms with Gasteiger partial charge in [0.2, 0.25) is 0 Å². The Balaban J connectivity index is 1.52. The lowest BCUT2D eigenvalue weighted by Gasteiger charge is -2.46. The van der Waals surface area contributed by atoms with Crippen LogP contribution in [-0.2, 0) is 7.05 Å². The highest BCUT2D eigenvalue weighted by Gasteiger charge is 2.40. The number of carbonyl (C=O) groups excluding carboxylic acids is 1. The van der Waals surface area contributed by atoms with Gasteiger partial charge in [-0.25, -0.2) is 0 Å². The minimum absolute atomic E-state index is 0.0823. The van der Waals surface area contributed by atoms with Crippen LogP contribution < -0.4 is 5.32 Å². The molecule has 2 aromatic rings. The molecule has 0 unspecified atom stereocenters. The van der Waals surface area contributed by atoms with Crippen LogP contribution in [0.3, 0.4) is 0 Å². The second-order valence-electron chi connectivity index (χ2n) is 7.34. The highest BCUT2D eigenvalue weighted by molar-refractivity contribution is 6.06. The van der Waals surface area contributed by atoms with Crippen LogP contribution in [0.1, 0.15) is 48.9 Å². The number of nitrogens with one attached hydrogen (secondary N) is 1. The van der Waals surface area contributed by atoms with Crippen LogP contribution in [0.4, 0.5) is 0 Å². The number of benzene rings is 1. The number of carbonyl (C=O) groups is 1. The quantitative estimate of drug-likeness (QED) is 0.916. The zero-order valence-corrected chi connectivity index (χ0v) is 13.3. The zero-order valence-electron chi connectivity index (χ0n) is 13.3. The number of hydrogen-bond acceptors (Lipinski definition) is 1.